The third-order valence-electron chi connectivity index (χ3n) is 3.69. The largest absolute Gasteiger partial charge is 0.446 e. The van der Waals surface area contributed by atoms with Gasteiger partial charge in [-0.2, -0.15) is 0 Å². The highest BCUT2D eigenvalue weighted by Crippen LogP contribution is 2.22. The molecule has 2 amide bonds. The fraction of sp³-hybridized carbons (Fsp3) is 0.875. The van der Waals surface area contributed by atoms with Crippen molar-refractivity contribution in [2.75, 3.05) is 26.2 Å². The molecule has 1 rings (SSSR count). The molecule has 6 heteroatoms. The summed E-state index contributed by atoms with van der Waals surface area (Å²) < 4.78 is 10.8. The number of carbonyl (C=O) groups excluding carboxylic acids is 2. The number of piperazine rings is 1. The van der Waals surface area contributed by atoms with Crippen molar-refractivity contribution in [3.05, 3.63) is 0 Å². The maximum Gasteiger partial charge on any atom is 0.410 e. The van der Waals surface area contributed by atoms with Gasteiger partial charge in [-0.15, -0.1) is 0 Å². The van der Waals surface area contributed by atoms with Crippen LogP contribution in [0.1, 0.15) is 48.5 Å². The number of amides is 2. The lowest BCUT2D eigenvalue weighted by Gasteiger charge is -2.36. The van der Waals surface area contributed by atoms with E-state index in [2.05, 4.69) is 0 Å². The van der Waals surface area contributed by atoms with Gasteiger partial charge in [0.25, 0.3) is 0 Å². The van der Waals surface area contributed by atoms with E-state index in [4.69, 9.17) is 9.47 Å². The van der Waals surface area contributed by atoms with Crippen LogP contribution in [0.15, 0.2) is 0 Å². The predicted octanol–water partition coefficient (Wildman–Crippen LogP) is 3.11. The third kappa shape index (κ3) is 5.73. The third-order valence-corrected chi connectivity index (χ3v) is 3.69. The van der Waals surface area contributed by atoms with Crippen LogP contribution in [-0.2, 0) is 9.47 Å². The Morgan fingerprint density at radius 1 is 0.864 bits per heavy atom. The standard InChI is InChI=1S/C16H30N2O4/c1-12(15(2,3)4)21-13(19)17-8-10-18(11-9-17)14(20)22-16(5,6)7/h12H,8-11H2,1-7H3. The Bertz CT molecular complexity index is 401. The molecule has 0 N–H and O–H groups in total. The van der Waals surface area contributed by atoms with Crippen molar-refractivity contribution in [3.8, 4) is 0 Å². The molecule has 1 unspecified atom stereocenters. The SMILES string of the molecule is CC(OC(=O)N1CCN(C(=O)OC(C)(C)C)CC1)C(C)(C)C. The van der Waals surface area contributed by atoms with E-state index >= 15 is 0 Å². The Morgan fingerprint density at radius 2 is 1.27 bits per heavy atom. The Morgan fingerprint density at radius 3 is 1.64 bits per heavy atom. The molecule has 0 aliphatic carbocycles. The van der Waals surface area contributed by atoms with Crippen LogP contribution in [0.25, 0.3) is 0 Å². The zero-order chi connectivity index (χ0) is 17.1. The summed E-state index contributed by atoms with van der Waals surface area (Å²) in [6.45, 7) is 15.4. The van der Waals surface area contributed by atoms with Crippen molar-refractivity contribution in [3.63, 3.8) is 0 Å². The van der Waals surface area contributed by atoms with Crippen molar-refractivity contribution < 1.29 is 19.1 Å². The number of rotatable bonds is 1. The summed E-state index contributed by atoms with van der Waals surface area (Å²) in [6.07, 6.45) is -0.807. The maximum absolute atomic E-state index is 12.1. The van der Waals surface area contributed by atoms with Gasteiger partial charge in [-0.1, -0.05) is 20.8 Å². The van der Waals surface area contributed by atoms with E-state index in [0.717, 1.165) is 0 Å². The van der Waals surface area contributed by atoms with Gasteiger partial charge < -0.3 is 19.3 Å². The summed E-state index contributed by atoms with van der Waals surface area (Å²) in [4.78, 5) is 27.4. The van der Waals surface area contributed by atoms with Gasteiger partial charge in [0.2, 0.25) is 0 Å². The number of carbonyl (C=O) groups is 2. The summed E-state index contributed by atoms with van der Waals surface area (Å²) in [5, 5.41) is 0. The van der Waals surface area contributed by atoms with Crippen molar-refractivity contribution in [1.82, 2.24) is 9.80 Å². The van der Waals surface area contributed by atoms with Crippen LogP contribution in [0.3, 0.4) is 0 Å². The zero-order valence-electron chi connectivity index (χ0n) is 14.9. The van der Waals surface area contributed by atoms with E-state index in [-0.39, 0.29) is 23.7 Å². The first-order valence-corrected chi connectivity index (χ1v) is 7.83. The first-order chi connectivity index (χ1) is 9.90. The quantitative estimate of drug-likeness (QED) is 0.746. The average molecular weight is 314 g/mol. The first-order valence-electron chi connectivity index (χ1n) is 7.83. The monoisotopic (exact) mass is 314 g/mol. The summed E-state index contributed by atoms with van der Waals surface area (Å²) in [5.74, 6) is 0. The second-order valence-corrected chi connectivity index (χ2v) is 7.85. The molecular formula is C16H30N2O4. The minimum absolute atomic E-state index is 0.0893. The molecule has 0 aromatic carbocycles. The van der Waals surface area contributed by atoms with E-state index in [1.54, 1.807) is 9.80 Å². The molecule has 22 heavy (non-hydrogen) atoms. The van der Waals surface area contributed by atoms with E-state index in [1.807, 2.05) is 48.5 Å². The highest BCUT2D eigenvalue weighted by molar-refractivity contribution is 5.70. The van der Waals surface area contributed by atoms with Crippen LogP contribution in [0.5, 0.6) is 0 Å². The van der Waals surface area contributed by atoms with Gasteiger partial charge in [-0.25, -0.2) is 9.59 Å². The highest BCUT2D eigenvalue weighted by atomic mass is 16.6. The molecule has 1 atom stereocenters. The Balaban J connectivity index is 2.45. The van der Waals surface area contributed by atoms with E-state index in [1.165, 1.54) is 0 Å². The van der Waals surface area contributed by atoms with Crippen molar-refractivity contribution >= 4 is 12.2 Å². The summed E-state index contributed by atoms with van der Waals surface area (Å²) in [5.41, 5.74) is -0.594. The van der Waals surface area contributed by atoms with Crippen LogP contribution >= 0.6 is 0 Å². The number of nitrogens with zero attached hydrogens (tertiary/aromatic N) is 2. The fourth-order valence-corrected chi connectivity index (χ4v) is 1.80. The van der Waals surface area contributed by atoms with Gasteiger partial charge in [0.15, 0.2) is 0 Å². The Labute approximate surface area is 133 Å². The molecular weight excluding hydrogens is 284 g/mol. The fourth-order valence-electron chi connectivity index (χ4n) is 1.80. The van der Waals surface area contributed by atoms with Crippen molar-refractivity contribution in [1.29, 1.82) is 0 Å². The Hall–Kier alpha value is -1.46. The predicted molar refractivity (Wildman–Crippen MR) is 84.8 cm³/mol. The molecule has 1 fully saturated rings. The molecule has 1 aliphatic heterocycles. The molecule has 0 saturated carbocycles. The van der Waals surface area contributed by atoms with Gasteiger partial charge in [0.1, 0.15) is 11.7 Å². The molecule has 0 aromatic rings. The minimum Gasteiger partial charge on any atom is -0.446 e. The van der Waals surface area contributed by atoms with Crippen LogP contribution in [0.2, 0.25) is 0 Å². The summed E-state index contributed by atoms with van der Waals surface area (Å²) in [7, 11) is 0. The average Bonchev–Trinajstić information content (AvgIpc) is 2.35. The smallest absolute Gasteiger partial charge is 0.410 e. The second kappa shape index (κ2) is 6.75. The number of hydrogen-bond donors (Lipinski definition) is 0. The molecule has 0 aromatic heterocycles. The van der Waals surface area contributed by atoms with Crippen LogP contribution in [-0.4, -0.2) is 59.9 Å². The molecule has 0 spiro atoms. The molecule has 1 heterocycles. The maximum atomic E-state index is 12.1. The molecule has 6 nitrogen and oxygen atoms in total. The summed E-state index contributed by atoms with van der Waals surface area (Å²) >= 11 is 0. The normalized spacial score (nSPS) is 18.0. The van der Waals surface area contributed by atoms with E-state index in [9.17, 15) is 9.59 Å². The topological polar surface area (TPSA) is 59.1 Å². The lowest BCUT2D eigenvalue weighted by atomic mass is 9.90. The first kappa shape index (κ1) is 18.6. The molecule has 1 saturated heterocycles. The van der Waals surface area contributed by atoms with Gasteiger partial charge >= 0.3 is 12.2 Å². The molecule has 0 radical (unpaired) electrons. The van der Waals surface area contributed by atoms with Crippen LogP contribution in [0, 0.1) is 5.41 Å². The van der Waals surface area contributed by atoms with Crippen LogP contribution in [0.4, 0.5) is 9.59 Å². The minimum atomic E-state index is -0.505. The van der Waals surface area contributed by atoms with E-state index in [0.29, 0.717) is 26.2 Å². The van der Waals surface area contributed by atoms with Gasteiger partial charge in [0, 0.05) is 26.2 Å². The zero-order valence-corrected chi connectivity index (χ0v) is 14.9. The Kier molecular flexibility index (Phi) is 5.70. The lowest BCUT2D eigenvalue weighted by molar-refractivity contribution is -0.00123. The van der Waals surface area contributed by atoms with Gasteiger partial charge in [-0.05, 0) is 33.1 Å². The molecule has 1 aliphatic rings. The van der Waals surface area contributed by atoms with Crippen LogP contribution < -0.4 is 0 Å². The van der Waals surface area contributed by atoms with Gasteiger partial charge in [-0.3, -0.25) is 0 Å². The van der Waals surface area contributed by atoms with Crippen molar-refractivity contribution in [2.24, 2.45) is 5.41 Å². The lowest BCUT2D eigenvalue weighted by Crippen LogP contribution is -2.52. The van der Waals surface area contributed by atoms with Gasteiger partial charge in [0.05, 0.1) is 0 Å². The molecule has 0 bridgehead atoms. The second-order valence-electron chi connectivity index (χ2n) is 7.85. The van der Waals surface area contributed by atoms with E-state index < -0.39 is 5.60 Å². The highest BCUT2D eigenvalue weighted by Gasteiger charge is 2.30. The summed E-state index contributed by atoms with van der Waals surface area (Å²) in [6, 6.07) is 0. The number of hydrogen-bond acceptors (Lipinski definition) is 4. The molecule has 128 valence electrons. The van der Waals surface area contributed by atoms with Crippen molar-refractivity contribution in [2.45, 2.75) is 60.2 Å². The number of ether oxygens (including phenoxy) is 2.